The summed E-state index contributed by atoms with van der Waals surface area (Å²) in [5.41, 5.74) is 3.06. The molecule has 0 spiro atoms. The molecule has 0 fully saturated rings. The normalized spacial score (nSPS) is 10.2. The van der Waals surface area contributed by atoms with Crippen LogP contribution >= 0.6 is 0 Å². The lowest BCUT2D eigenvalue weighted by Crippen LogP contribution is -2.01. The second-order valence-corrected chi connectivity index (χ2v) is 4.95. The maximum absolute atomic E-state index is 11.0. The fourth-order valence-corrected chi connectivity index (χ4v) is 2.15. The van der Waals surface area contributed by atoms with E-state index in [-0.39, 0.29) is 0 Å². The van der Waals surface area contributed by atoms with Crippen LogP contribution in [0.1, 0.15) is 34.3 Å². The van der Waals surface area contributed by atoms with Crippen LogP contribution in [0.3, 0.4) is 0 Å². The van der Waals surface area contributed by atoms with Gasteiger partial charge in [0, 0.05) is 0 Å². The highest BCUT2D eigenvalue weighted by atomic mass is 16.5. The van der Waals surface area contributed by atoms with Gasteiger partial charge in [0.05, 0.1) is 12.2 Å². The molecular formula is C18H20O2. The first-order chi connectivity index (χ1) is 9.79. The molecule has 0 aromatic heterocycles. The van der Waals surface area contributed by atoms with Crippen molar-refractivity contribution in [3.05, 3.63) is 65.2 Å². The van der Waals surface area contributed by atoms with E-state index in [4.69, 9.17) is 4.74 Å². The number of hydrogen-bond acceptors (Lipinski definition) is 2. The number of benzene rings is 2. The molecule has 2 rings (SSSR count). The van der Waals surface area contributed by atoms with E-state index in [1.54, 1.807) is 0 Å². The van der Waals surface area contributed by atoms with E-state index in [1.165, 1.54) is 5.56 Å². The summed E-state index contributed by atoms with van der Waals surface area (Å²) in [4.78, 5) is 11.0. The van der Waals surface area contributed by atoms with Crippen molar-refractivity contribution in [3.8, 4) is 5.75 Å². The zero-order valence-corrected chi connectivity index (χ0v) is 11.8. The topological polar surface area (TPSA) is 26.3 Å². The van der Waals surface area contributed by atoms with E-state index >= 15 is 0 Å². The Morgan fingerprint density at radius 2 is 1.85 bits per heavy atom. The van der Waals surface area contributed by atoms with E-state index in [0.717, 1.165) is 31.1 Å². The molecule has 2 aromatic carbocycles. The summed E-state index contributed by atoms with van der Waals surface area (Å²) in [6, 6.07) is 16.1. The van der Waals surface area contributed by atoms with Gasteiger partial charge in [-0.3, -0.25) is 4.79 Å². The summed E-state index contributed by atoms with van der Waals surface area (Å²) in [6.45, 7) is 2.62. The first-order valence-electron chi connectivity index (χ1n) is 7.02. The van der Waals surface area contributed by atoms with Gasteiger partial charge in [0.2, 0.25) is 0 Å². The second-order valence-electron chi connectivity index (χ2n) is 4.95. The van der Waals surface area contributed by atoms with Crippen molar-refractivity contribution in [3.63, 3.8) is 0 Å². The molecule has 2 nitrogen and oxygen atoms in total. The maximum Gasteiger partial charge on any atom is 0.153 e. The van der Waals surface area contributed by atoms with Gasteiger partial charge in [0.1, 0.15) is 5.75 Å². The van der Waals surface area contributed by atoms with Gasteiger partial charge in [0.15, 0.2) is 6.29 Å². The highest BCUT2D eigenvalue weighted by Crippen LogP contribution is 2.18. The van der Waals surface area contributed by atoms with Crippen LogP contribution in [0.15, 0.2) is 48.5 Å². The Hall–Kier alpha value is -2.09. The van der Waals surface area contributed by atoms with Crippen LogP contribution in [0, 0.1) is 6.92 Å². The number of unbranched alkanes of at least 4 members (excludes halogenated alkanes) is 1. The smallest absolute Gasteiger partial charge is 0.153 e. The largest absolute Gasteiger partial charge is 0.493 e. The third kappa shape index (κ3) is 4.23. The van der Waals surface area contributed by atoms with Crippen LogP contribution < -0.4 is 4.74 Å². The number of carbonyl (C=O) groups excluding carboxylic acids is 1. The lowest BCUT2D eigenvalue weighted by molar-refractivity contribution is 0.111. The summed E-state index contributed by atoms with van der Waals surface area (Å²) >= 11 is 0. The number of carbonyl (C=O) groups is 1. The molecule has 0 N–H and O–H groups in total. The third-order valence-corrected chi connectivity index (χ3v) is 3.25. The van der Waals surface area contributed by atoms with Gasteiger partial charge in [-0.1, -0.05) is 42.0 Å². The summed E-state index contributed by atoms with van der Waals surface area (Å²) in [5.74, 6) is 0.685. The van der Waals surface area contributed by atoms with E-state index < -0.39 is 0 Å². The minimum Gasteiger partial charge on any atom is -0.493 e. The molecular weight excluding hydrogens is 248 g/mol. The van der Waals surface area contributed by atoms with Crippen molar-refractivity contribution in [1.82, 2.24) is 0 Å². The zero-order valence-electron chi connectivity index (χ0n) is 11.8. The van der Waals surface area contributed by atoms with Gasteiger partial charge in [-0.25, -0.2) is 0 Å². The maximum atomic E-state index is 11.0. The first kappa shape index (κ1) is 14.3. The van der Waals surface area contributed by atoms with Gasteiger partial charge >= 0.3 is 0 Å². The summed E-state index contributed by atoms with van der Waals surface area (Å²) in [5, 5.41) is 0. The molecule has 0 saturated heterocycles. The SMILES string of the molecule is Cc1ccc(OCCCCc2ccccc2)c(C=O)c1. The molecule has 0 amide bonds. The highest BCUT2D eigenvalue weighted by Gasteiger charge is 2.02. The molecule has 0 aliphatic rings. The minimum absolute atomic E-state index is 0.632. The molecule has 2 heteroatoms. The quantitative estimate of drug-likeness (QED) is 0.555. The average molecular weight is 268 g/mol. The van der Waals surface area contributed by atoms with Gasteiger partial charge in [0.25, 0.3) is 0 Å². The number of hydrogen-bond donors (Lipinski definition) is 0. The van der Waals surface area contributed by atoms with Gasteiger partial charge in [-0.2, -0.15) is 0 Å². The minimum atomic E-state index is 0.632. The predicted octanol–water partition coefficient (Wildman–Crippen LogP) is 4.21. The van der Waals surface area contributed by atoms with Crippen molar-refractivity contribution in [2.45, 2.75) is 26.2 Å². The van der Waals surface area contributed by atoms with Crippen molar-refractivity contribution >= 4 is 6.29 Å². The van der Waals surface area contributed by atoms with Crippen molar-refractivity contribution in [1.29, 1.82) is 0 Å². The standard InChI is InChI=1S/C18H20O2/c1-15-10-11-18(17(13-15)14-19)20-12-6-5-9-16-7-3-2-4-8-16/h2-4,7-8,10-11,13-14H,5-6,9,12H2,1H3. The molecule has 0 atom stereocenters. The fourth-order valence-electron chi connectivity index (χ4n) is 2.15. The molecule has 0 aliphatic carbocycles. The molecule has 20 heavy (non-hydrogen) atoms. The number of aldehydes is 1. The molecule has 104 valence electrons. The lowest BCUT2D eigenvalue weighted by atomic mass is 10.1. The molecule has 0 heterocycles. The molecule has 2 aromatic rings. The van der Waals surface area contributed by atoms with Crippen LogP contribution in [0.4, 0.5) is 0 Å². The van der Waals surface area contributed by atoms with Gasteiger partial charge < -0.3 is 4.74 Å². The molecule has 0 unspecified atom stereocenters. The first-order valence-corrected chi connectivity index (χ1v) is 7.02. The van der Waals surface area contributed by atoms with Crippen LogP contribution in [-0.4, -0.2) is 12.9 Å². The monoisotopic (exact) mass is 268 g/mol. The lowest BCUT2D eigenvalue weighted by Gasteiger charge is -2.09. The number of rotatable bonds is 7. The van der Waals surface area contributed by atoms with E-state index in [9.17, 15) is 4.79 Å². The second kappa shape index (κ2) is 7.49. The Morgan fingerprint density at radius 1 is 1.05 bits per heavy atom. The predicted molar refractivity (Wildman–Crippen MR) is 81.4 cm³/mol. The van der Waals surface area contributed by atoms with Crippen molar-refractivity contribution in [2.75, 3.05) is 6.61 Å². The van der Waals surface area contributed by atoms with Crippen LogP contribution in [0.25, 0.3) is 0 Å². The Morgan fingerprint density at radius 3 is 2.60 bits per heavy atom. The van der Waals surface area contributed by atoms with E-state index in [0.29, 0.717) is 17.9 Å². The van der Waals surface area contributed by atoms with Crippen LogP contribution in [-0.2, 0) is 6.42 Å². The molecule has 0 aliphatic heterocycles. The molecule has 0 bridgehead atoms. The Balaban J connectivity index is 1.75. The zero-order chi connectivity index (χ0) is 14.2. The summed E-state index contributed by atoms with van der Waals surface area (Å²) in [7, 11) is 0. The summed E-state index contributed by atoms with van der Waals surface area (Å²) < 4.78 is 5.69. The highest BCUT2D eigenvalue weighted by molar-refractivity contribution is 5.79. The van der Waals surface area contributed by atoms with Crippen LogP contribution in [0.2, 0.25) is 0 Å². The third-order valence-electron chi connectivity index (χ3n) is 3.25. The Kier molecular flexibility index (Phi) is 5.36. The van der Waals surface area contributed by atoms with Gasteiger partial charge in [-0.15, -0.1) is 0 Å². The van der Waals surface area contributed by atoms with Crippen molar-refractivity contribution in [2.24, 2.45) is 0 Å². The molecule has 0 saturated carbocycles. The van der Waals surface area contributed by atoms with E-state index in [1.807, 2.05) is 31.2 Å². The van der Waals surface area contributed by atoms with Crippen molar-refractivity contribution < 1.29 is 9.53 Å². The van der Waals surface area contributed by atoms with Crippen LogP contribution in [0.5, 0.6) is 5.75 Å². The number of aryl methyl sites for hydroxylation is 2. The Bertz CT molecular complexity index is 547. The van der Waals surface area contributed by atoms with Gasteiger partial charge in [-0.05, 0) is 43.9 Å². The fraction of sp³-hybridized carbons (Fsp3) is 0.278. The molecule has 0 radical (unpaired) electrons. The van der Waals surface area contributed by atoms with E-state index in [2.05, 4.69) is 24.3 Å². The summed E-state index contributed by atoms with van der Waals surface area (Å²) in [6.07, 6.45) is 4.00. The number of ether oxygens (including phenoxy) is 1. The average Bonchev–Trinajstić information content (AvgIpc) is 2.49. The Labute approximate surface area is 120 Å².